The van der Waals surface area contributed by atoms with Crippen LogP contribution in [-0.4, -0.2) is 30.7 Å². The second-order valence-corrected chi connectivity index (χ2v) is 6.83. The smallest absolute Gasteiger partial charge is 0.269 e. The van der Waals surface area contributed by atoms with E-state index in [1.54, 1.807) is 36.4 Å². The molecular formula is C23H25N3O6. The Bertz CT molecular complexity index is 1090. The van der Waals surface area contributed by atoms with Gasteiger partial charge >= 0.3 is 0 Å². The fourth-order valence-electron chi connectivity index (χ4n) is 2.93. The highest BCUT2D eigenvalue weighted by atomic mass is 16.5. The van der Waals surface area contributed by atoms with Gasteiger partial charge in [-0.05, 0) is 57.2 Å². The molecule has 0 aliphatic heterocycles. The van der Waals surface area contributed by atoms with Gasteiger partial charge in [-0.2, -0.15) is 0 Å². The number of rotatable bonds is 8. The molecule has 0 atom stereocenters. The Labute approximate surface area is 185 Å². The fraction of sp³-hybridized carbons (Fsp3) is 0.261. The molecule has 0 saturated heterocycles. The van der Waals surface area contributed by atoms with Crippen molar-refractivity contribution in [1.29, 1.82) is 0 Å². The second-order valence-electron chi connectivity index (χ2n) is 6.83. The minimum absolute atomic E-state index is 0.266. The van der Waals surface area contributed by atoms with Gasteiger partial charge in [0.1, 0.15) is 18.1 Å². The van der Waals surface area contributed by atoms with E-state index in [1.807, 2.05) is 20.8 Å². The van der Waals surface area contributed by atoms with E-state index < -0.39 is 11.8 Å². The van der Waals surface area contributed by atoms with Crippen molar-refractivity contribution in [1.82, 2.24) is 16.0 Å². The molecule has 9 heteroatoms. The van der Waals surface area contributed by atoms with Gasteiger partial charge in [0.05, 0.1) is 25.0 Å². The summed E-state index contributed by atoms with van der Waals surface area (Å²) < 4.78 is 21.6. The average molecular weight is 439 g/mol. The number of ether oxygens (including phenoxy) is 3. The zero-order valence-electron chi connectivity index (χ0n) is 18.4. The van der Waals surface area contributed by atoms with Crippen LogP contribution in [0.3, 0.4) is 0 Å². The van der Waals surface area contributed by atoms with Crippen LogP contribution in [0.15, 0.2) is 47.0 Å². The largest absolute Gasteiger partial charge is 0.493 e. The van der Waals surface area contributed by atoms with Crippen LogP contribution in [0.1, 0.15) is 44.7 Å². The van der Waals surface area contributed by atoms with E-state index in [1.165, 1.54) is 13.2 Å². The number of nitrogens with zero attached hydrogens (tertiary/aromatic N) is 1. The molecule has 0 aliphatic carbocycles. The standard InChI is InChI=1S/C23H25N3O6/c1-5-30-20-10-9-17(12-21(20)29-4)23(28)25-24-22(27)16-7-6-8-18(11-16)31-13-19-14(2)26-32-15(19)3/h6-12H,5,13H2,1-4H3,(H,24,27)(H,25,28). The van der Waals surface area contributed by atoms with E-state index in [2.05, 4.69) is 16.0 Å². The zero-order valence-corrected chi connectivity index (χ0v) is 18.4. The molecule has 2 amide bonds. The van der Waals surface area contributed by atoms with Crippen LogP contribution < -0.4 is 25.1 Å². The summed E-state index contributed by atoms with van der Waals surface area (Å²) in [5.41, 5.74) is 7.04. The first kappa shape index (κ1) is 22.7. The van der Waals surface area contributed by atoms with E-state index >= 15 is 0 Å². The number of amides is 2. The Kier molecular flexibility index (Phi) is 7.33. The summed E-state index contributed by atoms with van der Waals surface area (Å²) in [5, 5.41) is 3.89. The molecule has 3 rings (SSSR count). The van der Waals surface area contributed by atoms with Crippen molar-refractivity contribution in [2.45, 2.75) is 27.4 Å². The number of hydrazine groups is 1. The average Bonchev–Trinajstić information content (AvgIpc) is 3.13. The highest BCUT2D eigenvalue weighted by molar-refractivity contribution is 5.99. The number of carbonyl (C=O) groups excluding carboxylic acids is 2. The van der Waals surface area contributed by atoms with Crippen molar-refractivity contribution >= 4 is 11.8 Å². The lowest BCUT2D eigenvalue weighted by molar-refractivity contribution is 0.0846. The van der Waals surface area contributed by atoms with Gasteiger partial charge in [0.2, 0.25) is 0 Å². The molecule has 0 saturated carbocycles. The van der Waals surface area contributed by atoms with Gasteiger partial charge in [-0.3, -0.25) is 20.4 Å². The Hall–Kier alpha value is -4.01. The fourth-order valence-corrected chi connectivity index (χ4v) is 2.93. The lowest BCUT2D eigenvalue weighted by Gasteiger charge is -2.12. The summed E-state index contributed by atoms with van der Waals surface area (Å²) in [4.78, 5) is 24.9. The van der Waals surface area contributed by atoms with Crippen LogP contribution >= 0.6 is 0 Å². The van der Waals surface area contributed by atoms with Crippen molar-refractivity contribution in [3.8, 4) is 17.2 Å². The molecule has 0 aliphatic rings. The summed E-state index contributed by atoms with van der Waals surface area (Å²) in [7, 11) is 1.49. The quantitative estimate of drug-likeness (QED) is 0.518. The van der Waals surface area contributed by atoms with Gasteiger partial charge in [0.25, 0.3) is 11.8 Å². The molecule has 3 aromatic rings. The maximum atomic E-state index is 12.5. The normalized spacial score (nSPS) is 10.4. The summed E-state index contributed by atoms with van der Waals surface area (Å²) in [6.45, 7) is 6.24. The van der Waals surface area contributed by atoms with Crippen LogP contribution in [0.2, 0.25) is 0 Å². The predicted molar refractivity (Wildman–Crippen MR) is 116 cm³/mol. The molecule has 9 nitrogen and oxygen atoms in total. The van der Waals surface area contributed by atoms with E-state index in [9.17, 15) is 9.59 Å². The topological polar surface area (TPSA) is 112 Å². The minimum Gasteiger partial charge on any atom is -0.493 e. The molecule has 32 heavy (non-hydrogen) atoms. The molecule has 2 aromatic carbocycles. The second kappa shape index (κ2) is 10.3. The molecule has 0 fully saturated rings. The van der Waals surface area contributed by atoms with E-state index in [0.717, 1.165) is 11.3 Å². The minimum atomic E-state index is -0.495. The number of carbonyl (C=O) groups is 2. The summed E-state index contributed by atoms with van der Waals surface area (Å²) in [5.74, 6) is 1.16. The zero-order chi connectivity index (χ0) is 23.1. The SMILES string of the molecule is CCOc1ccc(C(=O)NNC(=O)c2cccc(OCc3c(C)noc3C)c2)cc1OC. The number of aryl methyl sites for hydroxylation is 2. The van der Waals surface area contributed by atoms with Crippen molar-refractivity contribution in [2.24, 2.45) is 0 Å². The third-order valence-electron chi connectivity index (χ3n) is 4.68. The van der Waals surface area contributed by atoms with E-state index in [-0.39, 0.29) is 6.61 Å². The lowest BCUT2D eigenvalue weighted by atomic mass is 10.2. The van der Waals surface area contributed by atoms with Crippen molar-refractivity contribution in [3.05, 3.63) is 70.6 Å². The Morgan fingerprint density at radius 1 is 0.969 bits per heavy atom. The molecule has 0 bridgehead atoms. The van der Waals surface area contributed by atoms with E-state index in [4.69, 9.17) is 18.7 Å². The maximum Gasteiger partial charge on any atom is 0.269 e. The first-order valence-electron chi connectivity index (χ1n) is 9.99. The number of methoxy groups -OCH3 is 1. The molecule has 0 unspecified atom stereocenters. The van der Waals surface area contributed by atoms with Gasteiger partial charge < -0.3 is 18.7 Å². The van der Waals surface area contributed by atoms with Crippen LogP contribution in [0.4, 0.5) is 0 Å². The van der Waals surface area contributed by atoms with Gasteiger partial charge in [-0.15, -0.1) is 0 Å². The van der Waals surface area contributed by atoms with Crippen molar-refractivity contribution < 1.29 is 28.3 Å². The van der Waals surface area contributed by atoms with Gasteiger partial charge in [-0.1, -0.05) is 11.2 Å². The monoisotopic (exact) mass is 439 g/mol. The number of aromatic nitrogens is 1. The van der Waals surface area contributed by atoms with Crippen molar-refractivity contribution in [2.75, 3.05) is 13.7 Å². The highest BCUT2D eigenvalue weighted by Crippen LogP contribution is 2.28. The predicted octanol–water partition coefficient (Wildman–Crippen LogP) is 3.35. The van der Waals surface area contributed by atoms with Crippen molar-refractivity contribution in [3.63, 3.8) is 0 Å². The third kappa shape index (κ3) is 5.37. The molecule has 0 radical (unpaired) electrons. The number of nitrogens with one attached hydrogen (secondary N) is 2. The number of hydrogen-bond acceptors (Lipinski definition) is 7. The van der Waals surface area contributed by atoms with Gasteiger partial charge in [0, 0.05) is 11.1 Å². The van der Waals surface area contributed by atoms with Crippen LogP contribution in [-0.2, 0) is 6.61 Å². The number of hydrogen-bond donors (Lipinski definition) is 2. The molecule has 0 spiro atoms. The Morgan fingerprint density at radius 2 is 1.69 bits per heavy atom. The Balaban J connectivity index is 1.60. The summed E-state index contributed by atoms with van der Waals surface area (Å²) in [6.07, 6.45) is 0. The highest BCUT2D eigenvalue weighted by Gasteiger charge is 2.14. The maximum absolute atomic E-state index is 12.5. The van der Waals surface area contributed by atoms with E-state index in [0.29, 0.717) is 40.7 Å². The lowest BCUT2D eigenvalue weighted by Crippen LogP contribution is -2.41. The Morgan fingerprint density at radius 3 is 2.31 bits per heavy atom. The van der Waals surface area contributed by atoms with Gasteiger partial charge in [0.15, 0.2) is 11.5 Å². The molecule has 168 valence electrons. The first-order chi connectivity index (χ1) is 15.4. The number of benzene rings is 2. The molecule has 1 heterocycles. The third-order valence-corrected chi connectivity index (χ3v) is 4.68. The first-order valence-corrected chi connectivity index (χ1v) is 9.99. The molecular weight excluding hydrogens is 414 g/mol. The molecule has 1 aromatic heterocycles. The van der Waals surface area contributed by atoms with Gasteiger partial charge in [-0.25, -0.2) is 0 Å². The summed E-state index contributed by atoms with van der Waals surface area (Å²) in [6, 6.07) is 11.4. The summed E-state index contributed by atoms with van der Waals surface area (Å²) >= 11 is 0. The molecule has 2 N–H and O–H groups in total. The van der Waals surface area contributed by atoms with Crippen LogP contribution in [0, 0.1) is 13.8 Å². The van der Waals surface area contributed by atoms with Crippen LogP contribution in [0.25, 0.3) is 0 Å². The van der Waals surface area contributed by atoms with Crippen LogP contribution in [0.5, 0.6) is 17.2 Å².